The smallest absolute Gasteiger partial charge is 0.126 e. The minimum absolute atomic E-state index is 0.0468. The number of hydrogen-bond donors (Lipinski definition) is 1. The predicted molar refractivity (Wildman–Crippen MR) is 71.1 cm³/mol. The van der Waals surface area contributed by atoms with Crippen LogP contribution in [-0.2, 0) is 6.42 Å². The standard InChI is InChI=1S/C16H17FO/c1-12-6-8-13(9-7-12)10-14(11-18)15-4-2-3-5-16(15)17/h2-9,14,18H,10-11H2,1H3. The zero-order valence-corrected chi connectivity index (χ0v) is 10.4. The molecule has 2 aromatic carbocycles. The molecule has 0 aromatic heterocycles. The zero-order chi connectivity index (χ0) is 13.0. The molecule has 0 aliphatic carbocycles. The van der Waals surface area contributed by atoms with E-state index in [1.807, 2.05) is 31.2 Å². The van der Waals surface area contributed by atoms with E-state index in [2.05, 4.69) is 0 Å². The van der Waals surface area contributed by atoms with Crippen molar-refractivity contribution in [3.8, 4) is 0 Å². The van der Waals surface area contributed by atoms with Crippen LogP contribution in [0.3, 0.4) is 0 Å². The molecule has 2 rings (SSSR count). The zero-order valence-electron chi connectivity index (χ0n) is 10.4. The van der Waals surface area contributed by atoms with Gasteiger partial charge in [-0.1, -0.05) is 48.0 Å². The van der Waals surface area contributed by atoms with Crippen LogP contribution in [0.5, 0.6) is 0 Å². The Kier molecular flexibility index (Phi) is 4.11. The van der Waals surface area contributed by atoms with Crippen LogP contribution < -0.4 is 0 Å². The lowest BCUT2D eigenvalue weighted by atomic mass is 9.92. The van der Waals surface area contributed by atoms with Crippen LogP contribution in [0.1, 0.15) is 22.6 Å². The molecule has 1 nitrogen and oxygen atoms in total. The lowest BCUT2D eigenvalue weighted by molar-refractivity contribution is 0.261. The van der Waals surface area contributed by atoms with E-state index in [0.717, 1.165) is 5.56 Å². The average molecular weight is 244 g/mol. The van der Waals surface area contributed by atoms with E-state index in [4.69, 9.17) is 0 Å². The summed E-state index contributed by atoms with van der Waals surface area (Å²) in [5.74, 6) is -0.433. The second kappa shape index (κ2) is 5.78. The maximum Gasteiger partial charge on any atom is 0.126 e. The summed E-state index contributed by atoms with van der Waals surface area (Å²) in [5, 5.41) is 9.45. The highest BCUT2D eigenvalue weighted by Gasteiger charge is 2.14. The van der Waals surface area contributed by atoms with Gasteiger partial charge in [-0.2, -0.15) is 0 Å². The van der Waals surface area contributed by atoms with Gasteiger partial charge in [0.15, 0.2) is 0 Å². The Morgan fingerprint density at radius 1 is 1.06 bits per heavy atom. The molecule has 0 saturated heterocycles. The Bertz CT molecular complexity index is 505. The third-order valence-corrected chi connectivity index (χ3v) is 3.17. The van der Waals surface area contributed by atoms with Crippen LogP contribution in [0, 0.1) is 12.7 Å². The molecule has 0 saturated carbocycles. The topological polar surface area (TPSA) is 20.2 Å². The summed E-state index contributed by atoms with van der Waals surface area (Å²) in [6, 6.07) is 14.8. The van der Waals surface area contributed by atoms with Crippen LogP contribution in [0.2, 0.25) is 0 Å². The van der Waals surface area contributed by atoms with Gasteiger partial charge in [-0.3, -0.25) is 0 Å². The molecule has 0 aliphatic heterocycles. The molecule has 0 fully saturated rings. The Labute approximate surface area is 107 Å². The van der Waals surface area contributed by atoms with Gasteiger partial charge in [0.1, 0.15) is 5.82 Å². The van der Waals surface area contributed by atoms with E-state index >= 15 is 0 Å². The monoisotopic (exact) mass is 244 g/mol. The number of halogens is 1. The summed E-state index contributed by atoms with van der Waals surface area (Å²) in [7, 11) is 0. The van der Waals surface area contributed by atoms with Gasteiger partial charge in [0.2, 0.25) is 0 Å². The van der Waals surface area contributed by atoms with E-state index in [1.165, 1.54) is 11.6 Å². The van der Waals surface area contributed by atoms with E-state index < -0.39 is 0 Å². The van der Waals surface area contributed by atoms with Crippen molar-refractivity contribution in [1.82, 2.24) is 0 Å². The van der Waals surface area contributed by atoms with Crippen molar-refractivity contribution in [1.29, 1.82) is 0 Å². The van der Waals surface area contributed by atoms with E-state index in [0.29, 0.717) is 12.0 Å². The second-order valence-electron chi connectivity index (χ2n) is 4.59. The van der Waals surface area contributed by atoms with Gasteiger partial charge >= 0.3 is 0 Å². The molecule has 1 unspecified atom stereocenters. The van der Waals surface area contributed by atoms with Crippen LogP contribution in [0.4, 0.5) is 4.39 Å². The minimum atomic E-state index is -0.247. The van der Waals surface area contributed by atoms with Crippen molar-refractivity contribution in [3.05, 3.63) is 71.0 Å². The Balaban J connectivity index is 2.20. The van der Waals surface area contributed by atoms with E-state index in [-0.39, 0.29) is 18.3 Å². The van der Waals surface area contributed by atoms with Gasteiger partial charge in [0, 0.05) is 5.92 Å². The Morgan fingerprint density at radius 3 is 2.33 bits per heavy atom. The number of aryl methyl sites for hydroxylation is 1. The normalized spacial score (nSPS) is 12.4. The summed E-state index contributed by atoms with van der Waals surface area (Å²) < 4.78 is 13.7. The highest BCUT2D eigenvalue weighted by molar-refractivity contribution is 5.27. The van der Waals surface area contributed by atoms with Gasteiger partial charge in [0.05, 0.1) is 6.61 Å². The fourth-order valence-corrected chi connectivity index (χ4v) is 2.09. The Morgan fingerprint density at radius 2 is 1.72 bits per heavy atom. The molecule has 2 aromatic rings. The molecular formula is C16H17FO. The molecule has 18 heavy (non-hydrogen) atoms. The van der Waals surface area contributed by atoms with Crippen LogP contribution in [0.15, 0.2) is 48.5 Å². The first-order chi connectivity index (χ1) is 8.70. The molecule has 0 spiro atoms. The fourth-order valence-electron chi connectivity index (χ4n) is 2.09. The Hall–Kier alpha value is -1.67. The molecule has 1 N–H and O–H groups in total. The molecule has 0 bridgehead atoms. The number of hydrogen-bond acceptors (Lipinski definition) is 1. The van der Waals surface area contributed by atoms with Crippen molar-refractivity contribution in [2.75, 3.05) is 6.61 Å². The van der Waals surface area contributed by atoms with Gasteiger partial charge in [0.25, 0.3) is 0 Å². The maximum atomic E-state index is 13.7. The van der Waals surface area contributed by atoms with Gasteiger partial charge < -0.3 is 5.11 Å². The molecule has 94 valence electrons. The van der Waals surface area contributed by atoms with Crippen molar-refractivity contribution < 1.29 is 9.50 Å². The minimum Gasteiger partial charge on any atom is -0.396 e. The third-order valence-electron chi connectivity index (χ3n) is 3.17. The van der Waals surface area contributed by atoms with Crippen LogP contribution in [-0.4, -0.2) is 11.7 Å². The van der Waals surface area contributed by atoms with E-state index in [9.17, 15) is 9.50 Å². The molecule has 0 aliphatic rings. The first-order valence-electron chi connectivity index (χ1n) is 6.11. The summed E-state index contributed by atoms with van der Waals surface area (Å²) in [5.41, 5.74) is 2.90. The number of aliphatic hydroxyl groups is 1. The van der Waals surface area contributed by atoms with Gasteiger partial charge in [-0.05, 0) is 30.5 Å². The molecule has 0 heterocycles. The average Bonchev–Trinajstić information content (AvgIpc) is 2.39. The first-order valence-corrected chi connectivity index (χ1v) is 6.11. The summed E-state index contributed by atoms with van der Waals surface area (Å²) in [4.78, 5) is 0. The summed E-state index contributed by atoms with van der Waals surface area (Å²) in [6.07, 6.45) is 0.651. The molecular weight excluding hydrogens is 227 g/mol. The molecule has 0 amide bonds. The number of rotatable bonds is 4. The SMILES string of the molecule is Cc1ccc(CC(CO)c2ccccc2F)cc1. The summed E-state index contributed by atoms with van der Waals surface area (Å²) in [6.45, 7) is 1.99. The maximum absolute atomic E-state index is 13.7. The first kappa shape index (κ1) is 12.8. The summed E-state index contributed by atoms with van der Waals surface area (Å²) >= 11 is 0. The largest absolute Gasteiger partial charge is 0.396 e. The fraction of sp³-hybridized carbons (Fsp3) is 0.250. The van der Waals surface area contributed by atoms with Crippen molar-refractivity contribution in [3.63, 3.8) is 0 Å². The van der Waals surface area contributed by atoms with Crippen LogP contribution in [0.25, 0.3) is 0 Å². The third kappa shape index (κ3) is 2.96. The highest BCUT2D eigenvalue weighted by Crippen LogP contribution is 2.23. The number of benzene rings is 2. The lowest BCUT2D eigenvalue weighted by Crippen LogP contribution is -2.09. The molecule has 2 heteroatoms. The van der Waals surface area contributed by atoms with Crippen molar-refractivity contribution >= 4 is 0 Å². The van der Waals surface area contributed by atoms with Crippen LogP contribution >= 0.6 is 0 Å². The second-order valence-corrected chi connectivity index (χ2v) is 4.59. The quantitative estimate of drug-likeness (QED) is 0.873. The van der Waals surface area contributed by atoms with Gasteiger partial charge in [-0.25, -0.2) is 4.39 Å². The van der Waals surface area contributed by atoms with E-state index in [1.54, 1.807) is 18.2 Å². The number of aliphatic hydroxyl groups excluding tert-OH is 1. The lowest BCUT2D eigenvalue weighted by Gasteiger charge is -2.15. The molecule has 0 radical (unpaired) electrons. The predicted octanol–water partition coefficient (Wildman–Crippen LogP) is 3.45. The highest BCUT2D eigenvalue weighted by atomic mass is 19.1. The molecule has 1 atom stereocenters. The van der Waals surface area contributed by atoms with Crippen molar-refractivity contribution in [2.45, 2.75) is 19.3 Å². The van der Waals surface area contributed by atoms with Gasteiger partial charge in [-0.15, -0.1) is 0 Å². The van der Waals surface area contributed by atoms with Crippen molar-refractivity contribution in [2.24, 2.45) is 0 Å².